The van der Waals surface area contributed by atoms with E-state index in [1.165, 1.54) is 55.3 Å². The van der Waals surface area contributed by atoms with Crippen molar-refractivity contribution in [2.45, 2.75) is 83.1 Å². The molecule has 6 nitrogen and oxygen atoms in total. The van der Waals surface area contributed by atoms with Gasteiger partial charge in [-0.25, -0.2) is 14.6 Å². The molecule has 0 aliphatic carbocycles. The third-order valence-electron chi connectivity index (χ3n) is 8.58. The van der Waals surface area contributed by atoms with Crippen LogP contribution in [0.25, 0.3) is 33.4 Å². The van der Waals surface area contributed by atoms with Crippen LogP contribution in [0.3, 0.4) is 0 Å². The van der Waals surface area contributed by atoms with Crippen LogP contribution in [-0.4, -0.2) is 29.5 Å². The minimum absolute atomic E-state index is 0.603. The first kappa shape index (κ1) is 24.2. The molecule has 0 atom stereocenters. The van der Waals surface area contributed by atoms with Gasteiger partial charge in [-0.1, -0.05) is 0 Å². The molecule has 0 fully saturated rings. The number of benzene rings is 2. The SMILES string of the molecule is Cc1nc(-n2nc(C)c3c(C)c(C)c(C)c(C)c32)nc(C)c1-n1nc(C)c2c(C)c(C)c(C)c(C)c21. The van der Waals surface area contributed by atoms with Crippen molar-refractivity contribution < 1.29 is 0 Å². The molecule has 3 heterocycles. The predicted octanol–water partition coefficient (Wildman–Crippen LogP) is 6.86. The van der Waals surface area contributed by atoms with Crippen molar-refractivity contribution >= 4 is 21.8 Å². The molecule has 3 aromatic heterocycles. The molecule has 5 aromatic rings. The summed E-state index contributed by atoms with van der Waals surface area (Å²) in [5.74, 6) is 0.603. The van der Waals surface area contributed by atoms with Gasteiger partial charge in [-0.05, 0) is 128 Å². The van der Waals surface area contributed by atoms with Crippen molar-refractivity contribution in [3.05, 3.63) is 67.3 Å². The van der Waals surface area contributed by atoms with E-state index in [0.29, 0.717) is 5.95 Å². The van der Waals surface area contributed by atoms with E-state index in [0.717, 1.165) is 39.5 Å². The molecule has 0 spiro atoms. The van der Waals surface area contributed by atoms with Gasteiger partial charge in [-0.3, -0.25) is 0 Å². The van der Waals surface area contributed by atoms with Crippen molar-refractivity contribution in [1.29, 1.82) is 0 Å². The highest BCUT2D eigenvalue weighted by Crippen LogP contribution is 2.35. The zero-order chi connectivity index (χ0) is 26.4. The summed E-state index contributed by atoms with van der Waals surface area (Å²) in [5.41, 5.74) is 17.3. The highest BCUT2D eigenvalue weighted by atomic mass is 15.4. The highest BCUT2D eigenvalue weighted by molar-refractivity contribution is 5.92. The lowest BCUT2D eigenvalue weighted by atomic mass is 9.94. The predicted molar refractivity (Wildman–Crippen MR) is 148 cm³/mol. The van der Waals surface area contributed by atoms with E-state index in [1.54, 1.807) is 0 Å². The summed E-state index contributed by atoms with van der Waals surface area (Å²) in [7, 11) is 0. The lowest BCUT2D eigenvalue weighted by molar-refractivity contribution is 0.780. The van der Waals surface area contributed by atoms with Gasteiger partial charge in [0.05, 0.1) is 33.8 Å². The number of aryl methyl sites for hydroxylation is 8. The molecular formula is C30H36N6. The summed E-state index contributed by atoms with van der Waals surface area (Å²) >= 11 is 0. The molecule has 0 radical (unpaired) electrons. The standard InChI is InChI=1S/C30H36N6/c1-13-15(3)19(7)27-25(17(13)5)21(9)33-35(27)29-23(11)31-30(32-24(29)12)36-28-20(8)16(4)14(2)18(6)26(28)22(10)34-36/h1-12H3. The fourth-order valence-electron chi connectivity index (χ4n) is 5.90. The van der Waals surface area contributed by atoms with Crippen LogP contribution in [0.4, 0.5) is 0 Å². The van der Waals surface area contributed by atoms with Crippen LogP contribution in [0.15, 0.2) is 0 Å². The van der Waals surface area contributed by atoms with Gasteiger partial charge < -0.3 is 0 Å². The van der Waals surface area contributed by atoms with Crippen molar-refractivity contribution in [3.63, 3.8) is 0 Å². The zero-order valence-corrected chi connectivity index (χ0v) is 23.7. The van der Waals surface area contributed by atoms with Gasteiger partial charge in [0, 0.05) is 10.8 Å². The first-order valence-electron chi connectivity index (χ1n) is 12.6. The number of hydrogen-bond donors (Lipinski definition) is 0. The van der Waals surface area contributed by atoms with Gasteiger partial charge in [-0.15, -0.1) is 0 Å². The van der Waals surface area contributed by atoms with Gasteiger partial charge in [0.15, 0.2) is 0 Å². The number of hydrogen-bond acceptors (Lipinski definition) is 4. The summed E-state index contributed by atoms with van der Waals surface area (Å²) in [6, 6.07) is 0. The summed E-state index contributed by atoms with van der Waals surface area (Å²) in [5, 5.41) is 12.3. The summed E-state index contributed by atoms with van der Waals surface area (Å²) in [6.07, 6.45) is 0. The maximum absolute atomic E-state index is 5.00. The largest absolute Gasteiger partial charge is 0.251 e. The number of fused-ring (bicyclic) bond motifs is 2. The smallest absolute Gasteiger partial charge is 0.229 e. The third kappa shape index (κ3) is 3.09. The van der Waals surface area contributed by atoms with E-state index >= 15 is 0 Å². The number of nitrogens with zero attached hydrogens (tertiary/aromatic N) is 6. The second kappa shape index (κ2) is 7.99. The summed E-state index contributed by atoms with van der Waals surface area (Å²) < 4.78 is 3.99. The molecule has 5 rings (SSSR count). The molecule has 0 unspecified atom stereocenters. The molecule has 0 aliphatic heterocycles. The molecule has 2 aromatic carbocycles. The van der Waals surface area contributed by atoms with E-state index in [2.05, 4.69) is 73.9 Å². The second-order valence-electron chi connectivity index (χ2n) is 10.5. The highest BCUT2D eigenvalue weighted by Gasteiger charge is 2.23. The Hall–Kier alpha value is -3.54. The van der Waals surface area contributed by atoms with Crippen LogP contribution >= 0.6 is 0 Å². The summed E-state index contributed by atoms with van der Waals surface area (Å²) in [4.78, 5) is 10.0. The molecule has 186 valence electrons. The van der Waals surface area contributed by atoms with Crippen LogP contribution in [-0.2, 0) is 0 Å². The maximum atomic E-state index is 5.00. The van der Waals surface area contributed by atoms with E-state index in [1.807, 2.05) is 18.5 Å². The molecule has 36 heavy (non-hydrogen) atoms. The van der Waals surface area contributed by atoms with Gasteiger partial charge in [0.1, 0.15) is 5.69 Å². The lowest BCUT2D eigenvalue weighted by Gasteiger charge is -2.16. The van der Waals surface area contributed by atoms with Crippen LogP contribution in [0, 0.1) is 83.1 Å². The fourth-order valence-corrected chi connectivity index (χ4v) is 5.90. The Morgan fingerprint density at radius 2 is 0.750 bits per heavy atom. The Balaban J connectivity index is 1.80. The monoisotopic (exact) mass is 480 g/mol. The van der Waals surface area contributed by atoms with Crippen molar-refractivity contribution in [2.75, 3.05) is 0 Å². The van der Waals surface area contributed by atoms with E-state index in [4.69, 9.17) is 20.2 Å². The Kier molecular flexibility index (Phi) is 5.36. The second-order valence-corrected chi connectivity index (χ2v) is 10.5. The minimum atomic E-state index is 0.603. The van der Waals surface area contributed by atoms with Gasteiger partial charge >= 0.3 is 0 Å². The van der Waals surface area contributed by atoms with E-state index < -0.39 is 0 Å². The minimum Gasteiger partial charge on any atom is -0.229 e. The Morgan fingerprint density at radius 1 is 0.389 bits per heavy atom. The molecule has 0 bridgehead atoms. The van der Waals surface area contributed by atoms with Crippen molar-refractivity contribution in [2.24, 2.45) is 0 Å². The fraction of sp³-hybridized carbons (Fsp3) is 0.400. The first-order chi connectivity index (χ1) is 16.9. The van der Waals surface area contributed by atoms with E-state index in [9.17, 15) is 0 Å². The Labute approximate surface area is 213 Å². The van der Waals surface area contributed by atoms with Crippen molar-refractivity contribution in [1.82, 2.24) is 29.5 Å². The van der Waals surface area contributed by atoms with E-state index in [-0.39, 0.29) is 0 Å². The molecular weight excluding hydrogens is 444 g/mol. The number of aromatic nitrogens is 6. The lowest BCUT2D eigenvalue weighted by Crippen LogP contribution is -2.12. The van der Waals surface area contributed by atoms with Gasteiger partial charge in [0.25, 0.3) is 5.95 Å². The molecule has 0 saturated heterocycles. The van der Waals surface area contributed by atoms with Gasteiger partial charge in [-0.2, -0.15) is 14.9 Å². The van der Waals surface area contributed by atoms with Crippen LogP contribution < -0.4 is 0 Å². The van der Waals surface area contributed by atoms with Crippen LogP contribution in [0.5, 0.6) is 0 Å². The van der Waals surface area contributed by atoms with Gasteiger partial charge in [0.2, 0.25) is 0 Å². The first-order valence-corrected chi connectivity index (χ1v) is 12.6. The quantitative estimate of drug-likeness (QED) is 0.277. The molecule has 0 aliphatic rings. The average molecular weight is 481 g/mol. The van der Waals surface area contributed by atoms with Crippen molar-refractivity contribution in [3.8, 4) is 11.6 Å². The molecule has 6 heteroatoms. The average Bonchev–Trinajstić information content (AvgIpc) is 3.35. The topological polar surface area (TPSA) is 61.4 Å². The van der Waals surface area contributed by atoms with Crippen LogP contribution in [0.1, 0.15) is 67.3 Å². The Morgan fingerprint density at radius 3 is 1.19 bits per heavy atom. The normalized spacial score (nSPS) is 11.9. The zero-order valence-electron chi connectivity index (χ0n) is 23.7. The maximum Gasteiger partial charge on any atom is 0.251 e. The Bertz CT molecular complexity index is 1720. The molecule has 0 amide bonds. The summed E-state index contributed by atoms with van der Waals surface area (Å²) in [6.45, 7) is 25.8. The number of rotatable bonds is 2. The van der Waals surface area contributed by atoms with Crippen LogP contribution in [0.2, 0.25) is 0 Å². The molecule has 0 saturated carbocycles. The molecule has 0 N–H and O–H groups in total. The third-order valence-corrected chi connectivity index (χ3v) is 8.58.